The van der Waals surface area contributed by atoms with Crippen LogP contribution in [0.5, 0.6) is 0 Å². The normalized spacial score (nSPS) is 17.0. The number of aromatic amines is 1. The maximum Gasteiger partial charge on any atom is 0.0791 e. The summed E-state index contributed by atoms with van der Waals surface area (Å²) in [5.74, 6) is 0.711. The second-order valence-corrected chi connectivity index (χ2v) is 5.11. The van der Waals surface area contributed by atoms with Crippen molar-refractivity contribution in [2.75, 3.05) is 0 Å². The average molecular weight is 245 g/mol. The lowest BCUT2D eigenvalue weighted by Gasteiger charge is -2.09. The van der Waals surface area contributed by atoms with Gasteiger partial charge in [-0.25, -0.2) is 0 Å². The Morgan fingerprint density at radius 2 is 2.39 bits per heavy atom. The monoisotopic (exact) mass is 245 g/mol. The van der Waals surface area contributed by atoms with E-state index in [1.807, 2.05) is 24.0 Å². The van der Waals surface area contributed by atoms with Crippen LogP contribution in [0.15, 0.2) is 18.3 Å². The molecule has 3 rings (SSSR count). The predicted octanol–water partition coefficient (Wildman–Crippen LogP) is 1.87. The number of rotatable bonds is 5. The number of aryl methyl sites for hydroxylation is 1. The fraction of sp³-hybridized carbons (Fsp3) is 0.538. The molecule has 0 bridgehead atoms. The topological polar surface area (TPSA) is 58.5 Å². The molecule has 2 aromatic rings. The summed E-state index contributed by atoms with van der Waals surface area (Å²) < 4.78 is 1.83. The molecular weight excluding hydrogens is 226 g/mol. The van der Waals surface area contributed by atoms with Crippen LogP contribution in [0.1, 0.15) is 48.8 Å². The van der Waals surface area contributed by atoms with Crippen LogP contribution in [0.25, 0.3) is 0 Å². The molecule has 2 N–H and O–H groups in total. The van der Waals surface area contributed by atoms with E-state index in [0.29, 0.717) is 5.92 Å². The van der Waals surface area contributed by atoms with Gasteiger partial charge >= 0.3 is 0 Å². The second kappa shape index (κ2) is 4.57. The highest BCUT2D eigenvalue weighted by molar-refractivity contribution is 5.17. The molecule has 1 fully saturated rings. The Morgan fingerprint density at radius 1 is 1.56 bits per heavy atom. The van der Waals surface area contributed by atoms with Crippen LogP contribution in [0.3, 0.4) is 0 Å². The molecule has 96 valence electrons. The van der Waals surface area contributed by atoms with E-state index in [9.17, 15) is 0 Å². The van der Waals surface area contributed by atoms with E-state index in [1.54, 1.807) is 0 Å². The molecule has 1 atom stereocenters. The highest BCUT2D eigenvalue weighted by Crippen LogP contribution is 2.38. The van der Waals surface area contributed by atoms with Gasteiger partial charge < -0.3 is 5.32 Å². The van der Waals surface area contributed by atoms with E-state index in [0.717, 1.165) is 17.9 Å². The highest BCUT2D eigenvalue weighted by atomic mass is 15.3. The van der Waals surface area contributed by atoms with Crippen LogP contribution in [0.4, 0.5) is 0 Å². The van der Waals surface area contributed by atoms with Gasteiger partial charge in [0.05, 0.1) is 11.4 Å². The van der Waals surface area contributed by atoms with Gasteiger partial charge in [0.1, 0.15) is 0 Å². The fourth-order valence-corrected chi connectivity index (χ4v) is 2.09. The number of H-pyrrole nitrogens is 1. The molecule has 1 aliphatic rings. The second-order valence-electron chi connectivity index (χ2n) is 5.11. The summed E-state index contributed by atoms with van der Waals surface area (Å²) in [6.07, 6.45) is 4.55. The Morgan fingerprint density at radius 3 is 3.06 bits per heavy atom. The lowest BCUT2D eigenvalue weighted by atomic mass is 10.2. The Balaban J connectivity index is 1.56. The molecule has 2 aromatic heterocycles. The van der Waals surface area contributed by atoms with Crippen molar-refractivity contribution < 1.29 is 0 Å². The molecule has 1 aliphatic carbocycles. The first kappa shape index (κ1) is 11.5. The van der Waals surface area contributed by atoms with Gasteiger partial charge in [0.25, 0.3) is 0 Å². The average Bonchev–Trinajstić information content (AvgIpc) is 2.95. The minimum atomic E-state index is 0.249. The van der Waals surface area contributed by atoms with Gasteiger partial charge in [-0.3, -0.25) is 9.78 Å². The zero-order valence-electron chi connectivity index (χ0n) is 10.8. The van der Waals surface area contributed by atoms with Crippen molar-refractivity contribution in [2.24, 2.45) is 7.05 Å². The van der Waals surface area contributed by atoms with Gasteiger partial charge in [-0.05, 0) is 31.9 Å². The number of aromatic nitrogens is 4. The van der Waals surface area contributed by atoms with Gasteiger partial charge in [0.15, 0.2) is 0 Å². The van der Waals surface area contributed by atoms with Crippen molar-refractivity contribution in [3.05, 3.63) is 35.4 Å². The first-order valence-electron chi connectivity index (χ1n) is 6.49. The van der Waals surface area contributed by atoms with Crippen LogP contribution < -0.4 is 5.32 Å². The first-order valence-corrected chi connectivity index (χ1v) is 6.49. The van der Waals surface area contributed by atoms with E-state index in [-0.39, 0.29) is 6.04 Å². The van der Waals surface area contributed by atoms with E-state index >= 15 is 0 Å². The van der Waals surface area contributed by atoms with Crippen LogP contribution >= 0.6 is 0 Å². The van der Waals surface area contributed by atoms with Crippen LogP contribution in [0.2, 0.25) is 0 Å². The quantitative estimate of drug-likeness (QED) is 0.845. The van der Waals surface area contributed by atoms with Crippen molar-refractivity contribution in [3.8, 4) is 0 Å². The molecule has 18 heavy (non-hydrogen) atoms. The van der Waals surface area contributed by atoms with Crippen molar-refractivity contribution in [1.82, 2.24) is 25.3 Å². The summed E-state index contributed by atoms with van der Waals surface area (Å²) in [5, 5.41) is 15.3. The van der Waals surface area contributed by atoms with Crippen molar-refractivity contribution in [3.63, 3.8) is 0 Å². The van der Waals surface area contributed by atoms with Gasteiger partial charge in [-0.1, -0.05) is 0 Å². The molecule has 0 amide bonds. The molecule has 5 nitrogen and oxygen atoms in total. The SMILES string of the molecule is CC(NCc1cc(C2CC2)n[nH]1)c1ccn(C)n1. The highest BCUT2D eigenvalue weighted by Gasteiger charge is 2.26. The van der Waals surface area contributed by atoms with E-state index in [4.69, 9.17) is 0 Å². The van der Waals surface area contributed by atoms with Crippen LogP contribution in [-0.4, -0.2) is 20.0 Å². The van der Waals surface area contributed by atoms with E-state index < -0.39 is 0 Å². The smallest absolute Gasteiger partial charge is 0.0791 e. The maximum atomic E-state index is 4.39. The molecule has 0 spiro atoms. The van der Waals surface area contributed by atoms with Crippen LogP contribution in [0, 0.1) is 0 Å². The third-order valence-electron chi connectivity index (χ3n) is 3.42. The Kier molecular flexibility index (Phi) is 2.91. The van der Waals surface area contributed by atoms with Crippen molar-refractivity contribution in [1.29, 1.82) is 0 Å². The minimum absolute atomic E-state index is 0.249. The van der Waals surface area contributed by atoms with Gasteiger partial charge in [0.2, 0.25) is 0 Å². The molecule has 5 heteroatoms. The summed E-state index contributed by atoms with van der Waals surface area (Å²) in [6.45, 7) is 2.93. The summed E-state index contributed by atoms with van der Waals surface area (Å²) in [4.78, 5) is 0. The molecule has 0 saturated heterocycles. The molecular formula is C13H19N5. The maximum absolute atomic E-state index is 4.39. The lowest BCUT2D eigenvalue weighted by molar-refractivity contribution is 0.545. The standard InChI is InChI=1S/C13H19N5/c1-9(12-5-6-18(2)17-12)14-8-11-7-13(16-15-11)10-3-4-10/h5-7,9-10,14H,3-4,8H2,1-2H3,(H,15,16). The van der Waals surface area contributed by atoms with E-state index in [1.165, 1.54) is 18.5 Å². The third-order valence-corrected chi connectivity index (χ3v) is 3.42. The largest absolute Gasteiger partial charge is 0.303 e. The molecule has 2 heterocycles. The number of nitrogens with zero attached hydrogens (tertiary/aromatic N) is 3. The number of nitrogens with one attached hydrogen (secondary N) is 2. The summed E-state index contributed by atoms with van der Waals surface area (Å²) >= 11 is 0. The van der Waals surface area contributed by atoms with Gasteiger partial charge in [0, 0.05) is 37.4 Å². The zero-order chi connectivity index (χ0) is 12.5. The zero-order valence-corrected chi connectivity index (χ0v) is 10.8. The Bertz CT molecular complexity index is 523. The van der Waals surface area contributed by atoms with Gasteiger partial charge in [-0.15, -0.1) is 0 Å². The number of hydrogen-bond donors (Lipinski definition) is 2. The lowest BCUT2D eigenvalue weighted by Crippen LogP contribution is -2.18. The summed E-state index contributed by atoms with van der Waals surface area (Å²) in [7, 11) is 1.94. The van der Waals surface area contributed by atoms with Gasteiger partial charge in [-0.2, -0.15) is 10.2 Å². The molecule has 0 aromatic carbocycles. The molecule has 1 unspecified atom stereocenters. The minimum Gasteiger partial charge on any atom is -0.303 e. The Hall–Kier alpha value is -1.62. The Labute approximate surface area is 107 Å². The van der Waals surface area contributed by atoms with Crippen molar-refractivity contribution >= 4 is 0 Å². The van der Waals surface area contributed by atoms with E-state index in [2.05, 4.69) is 33.6 Å². The molecule has 0 aliphatic heterocycles. The first-order chi connectivity index (χ1) is 8.72. The fourth-order valence-electron chi connectivity index (χ4n) is 2.09. The van der Waals surface area contributed by atoms with Crippen LogP contribution in [-0.2, 0) is 13.6 Å². The van der Waals surface area contributed by atoms with Crippen molar-refractivity contribution in [2.45, 2.75) is 38.3 Å². The summed E-state index contributed by atoms with van der Waals surface area (Å²) in [5.41, 5.74) is 3.44. The number of hydrogen-bond acceptors (Lipinski definition) is 3. The molecule has 0 radical (unpaired) electrons. The third kappa shape index (κ3) is 2.46. The summed E-state index contributed by atoms with van der Waals surface area (Å²) in [6, 6.07) is 4.47. The molecule has 1 saturated carbocycles. The predicted molar refractivity (Wildman–Crippen MR) is 69.0 cm³/mol.